The molecular weight excluding hydrogens is 280 g/mol. The van der Waals surface area contributed by atoms with Gasteiger partial charge in [0, 0.05) is 31.7 Å². The summed E-state index contributed by atoms with van der Waals surface area (Å²) in [6.07, 6.45) is 1.72. The first-order chi connectivity index (χ1) is 10.8. The Morgan fingerprint density at radius 2 is 1.95 bits per heavy atom. The van der Waals surface area contributed by atoms with Gasteiger partial charge in [0.15, 0.2) is 0 Å². The lowest BCUT2D eigenvalue weighted by atomic mass is 10.0. The molecule has 1 atom stereocenters. The van der Waals surface area contributed by atoms with E-state index in [4.69, 9.17) is 13.9 Å². The minimum absolute atomic E-state index is 0.0298. The number of hydrogen-bond acceptors (Lipinski definition) is 5. The van der Waals surface area contributed by atoms with Crippen LogP contribution in [0.5, 0.6) is 11.5 Å². The van der Waals surface area contributed by atoms with E-state index >= 15 is 0 Å². The van der Waals surface area contributed by atoms with Crippen molar-refractivity contribution in [2.24, 2.45) is 0 Å². The molecule has 0 aliphatic carbocycles. The van der Waals surface area contributed by atoms with Gasteiger partial charge >= 0.3 is 0 Å². The number of benzene rings is 1. The van der Waals surface area contributed by atoms with Crippen LogP contribution < -0.4 is 14.8 Å². The average Bonchev–Trinajstić information content (AvgIpc) is 3.10. The number of furan rings is 1. The number of ether oxygens (including phenoxy) is 2. The van der Waals surface area contributed by atoms with Gasteiger partial charge in [-0.3, -0.25) is 4.90 Å². The normalized spacial score (nSPS) is 17.2. The molecule has 3 rings (SSSR count). The first kappa shape index (κ1) is 14.9. The molecule has 1 aromatic heterocycles. The van der Waals surface area contributed by atoms with Crippen molar-refractivity contribution in [1.82, 2.24) is 10.2 Å². The third-order valence-electron chi connectivity index (χ3n) is 4.06. The van der Waals surface area contributed by atoms with E-state index < -0.39 is 0 Å². The summed E-state index contributed by atoms with van der Waals surface area (Å²) in [6, 6.07) is 9.88. The summed E-state index contributed by atoms with van der Waals surface area (Å²) >= 11 is 0. The summed E-state index contributed by atoms with van der Waals surface area (Å²) in [6.45, 7) is 3.88. The maximum atomic E-state index is 5.72. The summed E-state index contributed by atoms with van der Waals surface area (Å²) in [5.41, 5.74) is 1.07. The van der Waals surface area contributed by atoms with Crippen molar-refractivity contribution in [2.45, 2.75) is 6.04 Å². The topological polar surface area (TPSA) is 46.9 Å². The Morgan fingerprint density at radius 1 is 1.14 bits per heavy atom. The fraction of sp³-hybridized carbons (Fsp3) is 0.412. The van der Waals surface area contributed by atoms with Crippen LogP contribution in [0.4, 0.5) is 0 Å². The molecule has 118 valence electrons. The highest BCUT2D eigenvalue weighted by molar-refractivity contribution is 5.45. The molecule has 0 bridgehead atoms. The zero-order valence-electron chi connectivity index (χ0n) is 13.0. The highest BCUT2D eigenvalue weighted by Crippen LogP contribution is 2.37. The number of hydrogen-bond donors (Lipinski definition) is 1. The molecular formula is C17H22N2O3. The summed E-state index contributed by atoms with van der Waals surface area (Å²) < 4.78 is 16.7. The second-order valence-electron chi connectivity index (χ2n) is 5.31. The maximum Gasteiger partial charge on any atom is 0.125 e. The number of rotatable bonds is 5. The number of piperazine rings is 1. The molecule has 1 aliphatic rings. The van der Waals surface area contributed by atoms with Crippen molar-refractivity contribution in [3.05, 3.63) is 47.9 Å². The quantitative estimate of drug-likeness (QED) is 0.918. The Balaban J connectivity index is 2.04. The van der Waals surface area contributed by atoms with E-state index in [1.165, 1.54) is 0 Å². The van der Waals surface area contributed by atoms with Gasteiger partial charge in [-0.05, 0) is 30.3 Å². The second kappa shape index (κ2) is 6.85. The van der Waals surface area contributed by atoms with Gasteiger partial charge in [0.25, 0.3) is 0 Å². The van der Waals surface area contributed by atoms with Crippen LogP contribution >= 0.6 is 0 Å². The van der Waals surface area contributed by atoms with E-state index in [1.807, 2.05) is 30.3 Å². The molecule has 0 amide bonds. The molecule has 2 aromatic rings. The van der Waals surface area contributed by atoms with Crippen LogP contribution in [0, 0.1) is 0 Å². The summed E-state index contributed by atoms with van der Waals surface area (Å²) in [5.74, 6) is 2.59. The molecule has 1 fully saturated rings. The average molecular weight is 302 g/mol. The fourth-order valence-corrected chi connectivity index (χ4v) is 2.97. The van der Waals surface area contributed by atoms with E-state index in [2.05, 4.69) is 10.2 Å². The molecule has 1 unspecified atom stereocenters. The SMILES string of the molecule is COc1ccc(OC)c(C(c2ccco2)N2CCNCC2)c1. The molecule has 5 heteroatoms. The van der Waals surface area contributed by atoms with Gasteiger partial charge in [0.1, 0.15) is 17.3 Å². The van der Waals surface area contributed by atoms with E-state index in [9.17, 15) is 0 Å². The van der Waals surface area contributed by atoms with E-state index in [0.717, 1.165) is 49.0 Å². The molecule has 1 aliphatic heterocycles. The van der Waals surface area contributed by atoms with Crippen molar-refractivity contribution in [3.8, 4) is 11.5 Å². The van der Waals surface area contributed by atoms with Crippen molar-refractivity contribution in [1.29, 1.82) is 0 Å². The van der Waals surface area contributed by atoms with E-state index in [-0.39, 0.29) is 6.04 Å². The van der Waals surface area contributed by atoms with Crippen molar-refractivity contribution < 1.29 is 13.9 Å². The molecule has 0 saturated carbocycles. The predicted molar refractivity (Wildman–Crippen MR) is 84.5 cm³/mol. The van der Waals surface area contributed by atoms with E-state index in [0.29, 0.717) is 0 Å². The molecule has 22 heavy (non-hydrogen) atoms. The van der Waals surface area contributed by atoms with Gasteiger partial charge in [-0.25, -0.2) is 0 Å². The molecule has 1 saturated heterocycles. The third-order valence-corrected chi connectivity index (χ3v) is 4.06. The Bertz CT molecular complexity index is 592. The predicted octanol–water partition coefficient (Wildman–Crippen LogP) is 2.29. The third kappa shape index (κ3) is 2.96. The standard InChI is InChI=1S/C17H22N2O3/c1-20-13-5-6-15(21-2)14(12-13)17(16-4-3-11-22-16)19-9-7-18-8-10-19/h3-6,11-12,17-18H,7-10H2,1-2H3. The molecule has 5 nitrogen and oxygen atoms in total. The van der Waals surface area contributed by atoms with Gasteiger partial charge in [0.05, 0.1) is 26.5 Å². The lowest BCUT2D eigenvalue weighted by Crippen LogP contribution is -2.45. The number of nitrogens with one attached hydrogen (secondary N) is 1. The van der Waals surface area contributed by atoms with Crippen LogP contribution in [0.25, 0.3) is 0 Å². The Labute approximate surface area is 130 Å². The summed E-state index contributed by atoms with van der Waals surface area (Å²) in [7, 11) is 3.38. The monoisotopic (exact) mass is 302 g/mol. The fourth-order valence-electron chi connectivity index (χ4n) is 2.97. The number of methoxy groups -OCH3 is 2. The smallest absolute Gasteiger partial charge is 0.125 e. The molecule has 0 radical (unpaired) electrons. The Kier molecular flexibility index (Phi) is 4.65. The van der Waals surface area contributed by atoms with Crippen molar-refractivity contribution >= 4 is 0 Å². The maximum absolute atomic E-state index is 5.72. The lowest BCUT2D eigenvalue weighted by molar-refractivity contribution is 0.177. The van der Waals surface area contributed by atoms with Crippen LogP contribution in [0.1, 0.15) is 17.4 Å². The van der Waals surface area contributed by atoms with Crippen LogP contribution in [0.3, 0.4) is 0 Å². The van der Waals surface area contributed by atoms with Gasteiger partial charge in [-0.15, -0.1) is 0 Å². The Hall–Kier alpha value is -1.98. The Morgan fingerprint density at radius 3 is 2.59 bits per heavy atom. The largest absolute Gasteiger partial charge is 0.497 e. The molecule has 1 aromatic carbocycles. The van der Waals surface area contributed by atoms with Gasteiger partial charge in [-0.2, -0.15) is 0 Å². The summed E-state index contributed by atoms with van der Waals surface area (Å²) in [4.78, 5) is 2.41. The molecule has 1 N–H and O–H groups in total. The summed E-state index contributed by atoms with van der Waals surface area (Å²) in [5, 5.41) is 3.39. The lowest BCUT2D eigenvalue weighted by Gasteiger charge is -2.34. The van der Waals surface area contributed by atoms with Crippen LogP contribution in [-0.2, 0) is 0 Å². The van der Waals surface area contributed by atoms with Gasteiger partial charge < -0.3 is 19.2 Å². The van der Waals surface area contributed by atoms with Crippen molar-refractivity contribution in [3.63, 3.8) is 0 Å². The van der Waals surface area contributed by atoms with Crippen LogP contribution in [0.2, 0.25) is 0 Å². The van der Waals surface area contributed by atoms with E-state index in [1.54, 1.807) is 20.5 Å². The van der Waals surface area contributed by atoms with Gasteiger partial charge in [-0.1, -0.05) is 0 Å². The highest BCUT2D eigenvalue weighted by Gasteiger charge is 2.28. The van der Waals surface area contributed by atoms with Crippen LogP contribution in [0.15, 0.2) is 41.0 Å². The van der Waals surface area contributed by atoms with Gasteiger partial charge in [0.2, 0.25) is 0 Å². The molecule has 0 spiro atoms. The highest BCUT2D eigenvalue weighted by atomic mass is 16.5. The first-order valence-electron chi connectivity index (χ1n) is 7.53. The zero-order chi connectivity index (χ0) is 15.4. The minimum atomic E-state index is 0.0298. The number of nitrogens with zero attached hydrogens (tertiary/aromatic N) is 1. The van der Waals surface area contributed by atoms with Crippen LogP contribution in [-0.4, -0.2) is 45.3 Å². The first-order valence-corrected chi connectivity index (χ1v) is 7.53. The molecule has 2 heterocycles. The zero-order valence-corrected chi connectivity index (χ0v) is 13.0. The minimum Gasteiger partial charge on any atom is -0.497 e. The van der Waals surface area contributed by atoms with Crippen molar-refractivity contribution in [2.75, 3.05) is 40.4 Å². The second-order valence-corrected chi connectivity index (χ2v) is 5.31.